The monoisotopic (exact) mass is 418 g/mol. The molecule has 1 heteroatoms. The van der Waals surface area contributed by atoms with Crippen molar-refractivity contribution >= 4 is 23.0 Å². The van der Waals surface area contributed by atoms with Gasteiger partial charge < -0.3 is 0 Å². The number of hydrogen-bond donors (Lipinski definition) is 0. The van der Waals surface area contributed by atoms with Crippen LogP contribution >= 0.6 is 0 Å². The van der Waals surface area contributed by atoms with E-state index in [0.29, 0.717) is 0 Å². The van der Waals surface area contributed by atoms with Crippen molar-refractivity contribution in [1.29, 1.82) is 0 Å². The van der Waals surface area contributed by atoms with E-state index in [1.165, 1.54) is 149 Å². The second-order valence-corrected chi connectivity index (χ2v) is 8.80. The summed E-state index contributed by atoms with van der Waals surface area (Å²) in [6.45, 7) is 2.30. The summed E-state index contributed by atoms with van der Waals surface area (Å²) in [5.41, 5.74) is 0. The van der Waals surface area contributed by atoms with E-state index in [4.69, 9.17) is 0 Å². The molecule has 0 saturated carbocycles. The van der Waals surface area contributed by atoms with Crippen molar-refractivity contribution < 1.29 is 0 Å². The molecule has 0 atom stereocenters. The zero-order valence-corrected chi connectivity index (χ0v) is 19.0. The summed E-state index contributed by atoms with van der Waals surface area (Å²) in [4.78, 5) is 0. The predicted octanol–water partition coefficient (Wildman–Crippen LogP) is 7.47. The molecule has 0 rings (SSSR count). The van der Waals surface area contributed by atoms with Crippen molar-refractivity contribution in [3.05, 3.63) is 0 Å². The van der Waals surface area contributed by atoms with E-state index >= 15 is 0 Å². The maximum absolute atomic E-state index is 2.30. The molecule has 0 amide bonds. The van der Waals surface area contributed by atoms with E-state index < -0.39 is 0 Å². The first-order valence-electron chi connectivity index (χ1n) is 10.6. The molecule has 0 heterocycles. The van der Waals surface area contributed by atoms with Gasteiger partial charge in [0, 0.05) is 0 Å². The first-order valence-corrected chi connectivity index (χ1v) is 12.9. The second-order valence-electron chi connectivity index (χ2n) is 7.15. The van der Waals surface area contributed by atoms with Gasteiger partial charge in [0.1, 0.15) is 0 Å². The van der Waals surface area contributed by atoms with Crippen LogP contribution in [0.3, 0.4) is 0 Å². The van der Waals surface area contributed by atoms with E-state index in [0.717, 1.165) is 0 Å². The van der Waals surface area contributed by atoms with Crippen LogP contribution in [0.2, 0.25) is 4.37 Å². The van der Waals surface area contributed by atoms with Crippen LogP contribution in [-0.4, -0.2) is 23.0 Å². The van der Waals surface area contributed by atoms with Crippen LogP contribution in [0, 0.1) is 0 Å². The van der Waals surface area contributed by atoms with Crippen LogP contribution in [0.15, 0.2) is 0 Å². The SMILES string of the molecule is CCCCCCCCCCCCCCCCCCCC[CH2][SbH2]. The Morgan fingerprint density at radius 1 is 0.364 bits per heavy atom. The van der Waals surface area contributed by atoms with Gasteiger partial charge in [-0.15, -0.1) is 0 Å². The molecule has 0 bridgehead atoms. The van der Waals surface area contributed by atoms with Gasteiger partial charge in [0.25, 0.3) is 0 Å². The summed E-state index contributed by atoms with van der Waals surface area (Å²) >= 11 is 1.47. The molecule has 0 fully saturated rings. The summed E-state index contributed by atoms with van der Waals surface area (Å²) in [7, 11) is 0. The van der Waals surface area contributed by atoms with E-state index in [9.17, 15) is 0 Å². The normalized spacial score (nSPS) is 11.2. The van der Waals surface area contributed by atoms with Gasteiger partial charge in [-0.1, -0.05) is 58.3 Å². The van der Waals surface area contributed by atoms with E-state index in [-0.39, 0.29) is 0 Å². The van der Waals surface area contributed by atoms with Gasteiger partial charge >= 0.3 is 98.0 Å². The summed E-state index contributed by atoms with van der Waals surface area (Å²) in [6.07, 6.45) is 28.2. The Labute approximate surface area is 156 Å². The van der Waals surface area contributed by atoms with E-state index in [2.05, 4.69) is 6.92 Å². The maximum atomic E-state index is 2.30. The Bertz CT molecular complexity index is 159. The van der Waals surface area contributed by atoms with Gasteiger partial charge in [-0.3, -0.25) is 0 Å². The average molecular weight is 419 g/mol. The van der Waals surface area contributed by atoms with Gasteiger partial charge in [0.2, 0.25) is 0 Å². The van der Waals surface area contributed by atoms with Gasteiger partial charge in [0.05, 0.1) is 0 Å². The van der Waals surface area contributed by atoms with Crippen molar-refractivity contribution in [3.8, 4) is 0 Å². The molecule has 0 spiro atoms. The van der Waals surface area contributed by atoms with Crippen molar-refractivity contribution in [1.82, 2.24) is 0 Å². The standard InChI is InChI=1S/C21H43.Sb.2H/c1-3-5-7-9-11-13-15-17-19-21-20-18-16-14-12-10-8-6-4-2;;;/h1,3-21H2,2H3;;;. The van der Waals surface area contributed by atoms with Crippen molar-refractivity contribution in [2.75, 3.05) is 0 Å². The van der Waals surface area contributed by atoms with Gasteiger partial charge in [-0.05, 0) is 0 Å². The molecule has 0 aliphatic heterocycles. The molecule has 0 aliphatic carbocycles. The number of rotatable bonds is 19. The molecule has 0 aliphatic rings. The molecule has 0 nitrogen and oxygen atoms in total. The van der Waals surface area contributed by atoms with Crippen LogP contribution in [0.25, 0.3) is 0 Å². The number of hydrogen-bond acceptors (Lipinski definition) is 0. The van der Waals surface area contributed by atoms with Crippen LogP contribution in [0.5, 0.6) is 0 Å². The fourth-order valence-corrected chi connectivity index (χ4v) is 4.05. The summed E-state index contributed by atoms with van der Waals surface area (Å²) < 4.78 is 1.50. The van der Waals surface area contributed by atoms with Crippen LogP contribution in [0.4, 0.5) is 0 Å². The molecule has 134 valence electrons. The van der Waals surface area contributed by atoms with Gasteiger partial charge in [-0.25, -0.2) is 0 Å². The number of unbranched alkanes of at least 4 members (excludes halogenated alkanes) is 18. The predicted molar refractivity (Wildman–Crippen MR) is 107 cm³/mol. The molecular formula is C21H45Sb. The third-order valence-corrected chi connectivity index (χ3v) is 5.97. The first kappa shape index (κ1) is 22.8. The van der Waals surface area contributed by atoms with Gasteiger partial charge in [0.15, 0.2) is 0 Å². The van der Waals surface area contributed by atoms with Gasteiger partial charge in [-0.2, -0.15) is 0 Å². The summed E-state index contributed by atoms with van der Waals surface area (Å²) in [5.74, 6) is 0. The molecule has 0 unspecified atom stereocenters. The quantitative estimate of drug-likeness (QED) is 0.150. The molecule has 0 N–H and O–H groups in total. The Hall–Kier alpha value is 0.818. The van der Waals surface area contributed by atoms with E-state index in [1.54, 1.807) is 0 Å². The fraction of sp³-hybridized carbons (Fsp3) is 1.00. The zero-order chi connectivity index (χ0) is 16.1. The van der Waals surface area contributed by atoms with Crippen LogP contribution in [-0.2, 0) is 0 Å². The Morgan fingerprint density at radius 3 is 0.818 bits per heavy atom. The average Bonchev–Trinajstić information content (AvgIpc) is 2.54. The minimum atomic E-state index is 1.38. The third kappa shape index (κ3) is 20.8. The second kappa shape index (κ2) is 21.8. The molecule has 0 aromatic heterocycles. The molecule has 22 heavy (non-hydrogen) atoms. The van der Waals surface area contributed by atoms with Crippen LogP contribution in [0.1, 0.15) is 129 Å². The zero-order valence-electron chi connectivity index (χ0n) is 15.7. The molecule has 0 aromatic carbocycles. The first-order chi connectivity index (χ1) is 10.9. The topological polar surface area (TPSA) is 0 Å². The van der Waals surface area contributed by atoms with Crippen molar-refractivity contribution in [2.24, 2.45) is 0 Å². The molecule has 0 radical (unpaired) electrons. The van der Waals surface area contributed by atoms with Crippen molar-refractivity contribution in [2.45, 2.75) is 133 Å². The summed E-state index contributed by atoms with van der Waals surface area (Å²) in [5, 5.41) is 0. The fourth-order valence-electron chi connectivity index (χ4n) is 3.22. The van der Waals surface area contributed by atoms with Crippen molar-refractivity contribution in [3.63, 3.8) is 0 Å². The van der Waals surface area contributed by atoms with Crippen LogP contribution < -0.4 is 0 Å². The summed E-state index contributed by atoms with van der Waals surface area (Å²) in [6, 6.07) is 0. The van der Waals surface area contributed by atoms with E-state index in [1.807, 2.05) is 0 Å². The Balaban J connectivity index is 2.91. The third-order valence-electron chi connectivity index (χ3n) is 4.81. The molecule has 0 saturated heterocycles. The molecular weight excluding hydrogens is 374 g/mol. The molecule has 0 aromatic rings. The minimum absolute atomic E-state index is 1.38. The Morgan fingerprint density at radius 2 is 0.591 bits per heavy atom. The Kier molecular flexibility index (Phi) is 22.6.